The molecule has 0 aliphatic rings. The maximum absolute atomic E-state index is 11.9. The second-order valence-electron chi connectivity index (χ2n) is 6.36. The first kappa shape index (κ1) is 26.3. The average molecular weight is 406 g/mol. The third kappa shape index (κ3) is 16.5. The summed E-state index contributed by atoms with van der Waals surface area (Å²) in [6.07, 6.45) is 5.30. The predicted molar refractivity (Wildman–Crippen MR) is 98.7 cm³/mol. The summed E-state index contributed by atoms with van der Waals surface area (Å²) in [4.78, 5) is 35.6. The van der Waals surface area contributed by atoms with Crippen LogP contribution < -0.4 is 0 Å². The summed E-state index contributed by atoms with van der Waals surface area (Å²) in [5.74, 6) is -1.99. The SMILES string of the molecule is O=C(CCCCCO)OC(OC(=O)CCCCCO)OC(=O)CCCCCO. The van der Waals surface area contributed by atoms with Gasteiger partial charge in [-0.25, -0.2) is 0 Å². The van der Waals surface area contributed by atoms with Gasteiger partial charge in [0.2, 0.25) is 0 Å². The van der Waals surface area contributed by atoms with E-state index >= 15 is 0 Å². The Bertz CT molecular complexity index is 364. The lowest BCUT2D eigenvalue weighted by Gasteiger charge is -2.18. The van der Waals surface area contributed by atoms with Crippen LogP contribution >= 0.6 is 0 Å². The monoisotopic (exact) mass is 406 g/mol. The molecule has 0 bridgehead atoms. The molecule has 0 saturated carbocycles. The molecule has 0 spiro atoms. The summed E-state index contributed by atoms with van der Waals surface area (Å²) in [5, 5.41) is 26.2. The number of carbonyl (C=O) groups is 3. The van der Waals surface area contributed by atoms with Gasteiger partial charge in [-0.2, -0.15) is 0 Å². The molecule has 9 nitrogen and oxygen atoms in total. The maximum atomic E-state index is 11.9. The molecular weight excluding hydrogens is 372 g/mol. The van der Waals surface area contributed by atoms with Crippen molar-refractivity contribution in [2.75, 3.05) is 19.8 Å². The summed E-state index contributed by atoms with van der Waals surface area (Å²) in [6.45, 7) is -1.60. The standard InChI is InChI=1S/C19H34O9/c20-13-7-1-4-10-16(23)26-19(27-17(24)11-5-2-8-14-21)28-18(25)12-6-3-9-15-22/h19-22H,1-15H2. The van der Waals surface area contributed by atoms with Gasteiger partial charge in [0.25, 0.3) is 0 Å². The number of rotatable bonds is 18. The number of aliphatic hydroxyl groups is 3. The van der Waals surface area contributed by atoms with Crippen LogP contribution in [0.15, 0.2) is 0 Å². The van der Waals surface area contributed by atoms with Gasteiger partial charge >= 0.3 is 24.4 Å². The summed E-state index contributed by atoms with van der Waals surface area (Å²) in [7, 11) is 0. The molecule has 0 saturated heterocycles. The fourth-order valence-electron chi connectivity index (χ4n) is 2.24. The molecule has 0 atom stereocenters. The normalized spacial score (nSPS) is 10.7. The van der Waals surface area contributed by atoms with Crippen LogP contribution in [-0.2, 0) is 28.6 Å². The van der Waals surface area contributed by atoms with Crippen molar-refractivity contribution in [2.45, 2.75) is 83.5 Å². The molecule has 0 aromatic carbocycles. The van der Waals surface area contributed by atoms with Crippen LogP contribution in [0.3, 0.4) is 0 Å². The molecule has 0 aromatic rings. The maximum Gasteiger partial charge on any atom is 0.412 e. The van der Waals surface area contributed by atoms with Gasteiger partial charge in [0.1, 0.15) is 0 Å². The summed E-state index contributed by atoms with van der Waals surface area (Å²) < 4.78 is 14.9. The fraction of sp³-hybridized carbons (Fsp3) is 0.842. The molecule has 0 rings (SSSR count). The van der Waals surface area contributed by atoms with Gasteiger partial charge in [0, 0.05) is 39.1 Å². The van der Waals surface area contributed by atoms with E-state index in [-0.39, 0.29) is 39.1 Å². The van der Waals surface area contributed by atoms with Gasteiger partial charge < -0.3 is 29.5 Å². The summed E-state index contributed by atoms with van der Waals surface area (Å²) in [5.41, 5.74) is 0. The first-order chi connectivity index (χ1) is 13.5. The van der Waals surface area contributed by atoms with Crippen LogP contribution in [0.5, 0.6) is 0 Å². The van der Waals surface area contributed by atoms with E-state index in [9.17, 15) is 14.4 Å². The van der Waals surface area contributed by atoms with E-state index in [1.165, 1.54) is 0 Å². The second kappa shape index (κ2) is 18.6. The molecule has 3 N–H and O–H groups in total. The van der Waals surface area contributed by atoms with Gasteiger partial charge in [-0.05, 0) is 38.5 Å². The van der Waals surface area contributed by atoms with Gasteiger partial charge in [0.15, 0.2) is 0 Å². The van der Waals surface area contributed by atoms with Gasteiger partial charge in [0.05, 0.1) is 0 Å². The number of hydrogen-bond donors (Lipinski definition) is 3. The average Bonchev–Trinajstić information content (AvgIpc) is 2.66. The molecular formula is C19H34O9. The highest BCUT2D eigenvalue weighted by Crippen LogP contribution is 2.10. The lowest BCUT2D eigenvalue weighted by atomic mass is 10.2. The number of unbranched alkanes of at least 4 members (excludes halogenated alkanes) is 6. The third-order valence-corrected chi connectivity index (χ3v) is 3.80. The highest BCUT2D eigenvalue weighted by atomic mass is 16.9. The van der Waals surface area contributed by atoms with E-state index in [4.69, 9.17) is 29.5 Å². The quantitative estimate of drug-likeness (QED) is 0.176. The van der Waals surface area contributed by atoms with E-state index in [0.29, 0.717) is 57.8 Å². The van der Waals surface area contributed by atoms with Crippen molar-refractivity contribution in [1.29, 1.82) is 0 Å². The van der Waals surface area contributed by atoms with Crippen LogP contribution in [0.1, 0.15) is 77.0 Å². The molecule has 0 heterocycles. The lowest BCUT2D eigenvalue weighted by Crippen LogP contribution is -2.29. The largest absolute Gasteiger partial charge is 0.412 e. The lowest BCUT2D eigenvalue weighted by molar-refractivity contribution is -0.258. The molecule has 0 aliphatic carbocycles. The molecule has 0 radical (unpaired) electrons. The number of carbonyl (C=O) groups excluding carboxylic acids is 3. The minimum Gasteiger partial charge on any atom is -0.396 e. The van der Waals surface area contributed by atoms with E-state index in [1.54, 1.807) is 0 Å². The van der Waals surface area contributed by atoms with Crippen molar-refractivity contribution >= 4 is 17.9 Å². The zero-order valence-corrected chi connectivity index (χ0v) is 16.5. The van der Waals surface area contributed by atoms with Crippen molar-refractivity contribution in [3.05, 3.63) is 0 Å². The Labute approximate surface area is 166 Å². The minimum absolute atomic E-state index is 0.0411. The molecule has 0 aliphatic heterocycles. The molecule has 0 aromatic heterocycles. The van der Waals surface area contributed by atoms with E-state index < -0.39 is 24.4 Å². The van der Waals surface area contributed by atoms with Gasteiger partial charge in [-0.3, -0.25) is 14.4 Å². The molecule has 28 heavy (non-hydrogen) atoms. The molecule has 0 fully saturated rings. The van der Waals surface area contributed by atoms with Gasteiger partial charge in [-0.1, -0.05) is 19.3 Å². The highest BCUT2D eigenvalue weighted by molar-refractivity contribution is 5.73. The Balaban J connectivity index is 4.44. The number of aliphatic hydroxyl groups excluding tert-OH is 3. The van der Waals surface area contributed by atoms with Crippen LogP contribution in [0.4, 0.5) is 0 Å². The highest BCUT2D eigenvalue weighted by Gasteiger charge is 2.23. The van der Waals surface area contributed by atoms with Crippen LogP contribution in [0.2, 0.25) is 0 Å². The van der Waals surface area contributed by atoms with Gasteiger partial charge in [-0.15, -0.1) is 0 Å². The smallest absolute Gasteiger partial charge is 0.396 e. The van der Waals surface area contributed by atoms with E-state index in [2.05, 4.69) is 0 Å². The van der Waals surface area contributed by atoms with Crippen molar-refractivity contribution in [1.82, 2.24) is 0 Å². The number of ether oxygens (including phenoxy) is 3. The van der Waals surface area contributed by atoms with Crippen LogP contribution in [-0.4, -0.2) is 59.5 Å². The third-order valence-electron chi connectivity index (χ3n) is 3.80. The van der Waals surface area contributed by atoms with Crippen molar-refractivity contribution in [2.24, 2.45) is 0 Å². The molecule has 164 valence electrons. The van der Waals surface area contributed by atoms with Crippen molar-refractivity contribution < 1.29 is 43.9 Å². The topological polar surface area (TPSA) is 140 Å². The van der Waals surface area contributed by atoms with Crippen molar-refractivity contribution in [3.8, 4) is 0 Å². The Morgan fingerprint density at radius 1 is 0.500 bits per heavy atom. The first-order valence-corrected chi connectivity index (χ1v) is 9.94. The molecule has 0 unspecified atom stereocenters. The Morgan fingerprint density at radius 3 is 1.04 bits per heavy atom. The van der Waals surface area contributed by atoms with Crippen molar-refractivity contribution in [3.63, 3.8) is 0 Å². The fourth-order valence-corrected chi connectivity index (χ4v) is 2.24. The Kier molecular flexibility index (Phi) is 17.5. The van der Waals surface area contributed by atoms with E-state index in [0.717, 1.165) is 0 Å². The number of esters is 3. The summed E-state index contributed by atoms with van der Waals surface area (Å²) in [6, 6.07) is 0. The first-order valence-electron chi connectivity index (χ1n) is 9.94. The minimum atomic E-state index is -1.72. The van der Waals surface area contributed by atoms with E-state index in [1.807, 2.05) is 0 Å². The zero-order valence-electron chi connectivity index (χ0n) is 16.5. The molecule has 9 heteroatoms. The Morgan fingerprint density at radius 2 is 0.786 bits per heavy atom. The zero-order chi connectivity index (χ0) is 21.0. The number of hydrogen-bond acceptors (Lipinski definition) is 9. The molecule has 0 amide bonds. The summed E-state index contributed by atoms with van der Waals surface area (Å²) >= 11 is 0. The van der Waals surface area contributed by atoms with Crippen LogP contribution in [0.25, 0.3) is 0 Å². The predicted octanol–water partition coefficient (Wildman–Crippen LogP) is 1.56. The second-order valence-corrected chi connectivity index (χ2v) is 6.36. The van der Waals surface area contributed by atoms with Crippen LogP contribution in [0, 0.1) is 0 Å². The Hall–Kier alpha value is -1.71.